The highest BCUT2D eigenvalue weighted by Gasteiger charge is 2.42. The summed E-state index contributed by atoms with van der Waals surface area (Å²) >= 11 is 1.10. The fourth-order valence-corrected chi connectivity index (χ4v) is 2.15. The molecule has 11 heavy (non-hydrogen) atoms. The first-order valence-electron chi connectivity index (χ1n) is 3.63. The number of carbonyl (C=O) groups is 2. The number of rotatable bonds is 2. The molecule has 62 valence electrons. The molecule has 1 fully saturated rings. The molecule has 1 saturated heterocycles. The number of nitrogens with one attached hydrogen (secondary N) is 1. The molecular weight excluding hydrogens is 162 g/mol. The number of hydrogen-bond acceptors (Lipinski definition) is 3. The van der Waals surface area contributed by atoms with E-state index in [4.69, 9.17) is 0 Å². The van der Waals surface area contributed by atoms with Crippen LogP contribution in [0.5, 0.6) is 0 Å². The molecule has 0 aromatic heterocycles. The first-order valence-corrected chi connectivity index (χ1v) is 4.44. The molecular formula is C7H11NO2S. The second kappa shape index (κ2) is 2.85. The molecule has 0 spiro atoms. The minimum atomic E-state index is -0.508. The van der Waals surface area contributed by atoms with E-state index in [2.05, 4.69) is 5.32 Å². The zero-order chi connectivity index (χ0) is 8.48. The summed E-state index contributed by atoms with van der Waals surface area (Å²) in [5, 5.41) is 2.06. The Morgan fingerprint density at radius 3 is 2.55 bits per heavy atom. The SMILES string of the molecule is CCCC1(C)SC(=O)NC1=O. The summed E-state index contributed by atoms with van der Waals surface area (Å²) in [6, 6.07) is 0. The maximum Gasteiger partial charge on any atom is 0.286 e. The number of carbonyl (C=O) groups excluding carboxylic acids is 2. The average molecular weight is 173 g/mol. The Morgan fingerprint density at radius 1 is 1.55 bits per heavy atom. The summed E-state index contributed by atoms with van der Waals surface area (Å²) in [4.78, 5) is 21.9. The fourth-order valence-electron chi connectivity index (χ4n) is 1.14. The molecule has 0 radical (unpaired) electrons. The molecule has 2 amide bonds. The van der Waals surface area contributed by atoms with Gasteiger partial charge in [-0.15, -0.1) is 0 Å². The molecule has 0 aliphatic carbocycles. The van der Waals surface area contributed by atoms with E-state index in [9.17, 15) is 9.59 Å². The van der Waals surface area contributed by atoms with Crippen molar-refractivity contribution in [3.63, 3.8) is 0 Å². The standard InChI is InChI=1S/C7H11NO2S/c1-3-4-7(2)5(9)8-6(10)11-7/h3-4H2,1-2H3,(H,8,9,10). The van der Waals surface area contributed by atoms with E-state index in [1.54, 1.807) is 6.92 Å². The number of hydrogen-bond donors (Lipinski definition) is 1. The third kappa shape index (κ3) is 1.56. The van der Waals surface area contributed by atoms with Gasteiger partial charge >= 0.3 is 0 Å². The van der Waals surface area contributed by atoms with Gasteiger partial charge in [0.05, 0.1) is 0 Å². The molecule has 3 nitrogen and oxygen atoms in total. The van der Waals surface area contributed by atoms with Gasteiger partial charge in [0.25, 0.3) is 5.24 Å². The van der Waals surface area contributed by atoms with Gasteiger partial charge in [0.1, 0.15) is 4.75 Å². The van der Waals surface area contributed by atoms with Gasteiger partial charge in [-0.05, 0) is 25.1 Å². The van der Waals surface area contributed by atoms with E-state index in [0.717, 1.165) is 24.6 Å². The largest absolute Gasteiger partial charge is 0.286 e. The topological polar surface area (TPSA) is 46.2 Å². The van der Waals surface area contributed by atoms with E-state index in [0.29, 0.717) is 0 Å². The van der Waals surface area contributed by atoms with Crippen molar-refractivity contribution in [2.24, 2.45) is 0 Å². The number of amides is 2. The molecule has 1 aliphatic rings. The van der Waals surface area contributed by atoms with E-state index >= 15 is 0 Å². The van der Waals surface area contributed by atoms with Gasteiger partial charge in [0, 0.05) is 0 Å². The lowest BCUT2D eigenvalue weighted by molar-refractivity contribution is -0.121. The van der Waals surface area contributed by atoms with Crippen molar-refractivity contribution in [3.05, 3.63) is 0 Å². The quantitative estimate of drug-likeness (QED) is 0.688. The monoisotopic (exact) mass is 173 g/mol. The Morgan fingerprint density at radius 2 is 2.18 bits per heavy atom. The minimum Gasteiger partial charge on any atom is -0.286 e. The molecule has 1 unspecified atom stereocenters. The van der Waals surface area contributed by atoms with Crippen LogP contribution in [0.25, 0.3) is 0 Å². The summed E-state index contributed by atoms with van der Waals surface area (Å²) in [7, 11) is 0. The van der Waals surface area contributed by atoms with Crippen LogP contribution in [0, 0.1) is 0 Å². The Hall–Kier alpha value is -0.510. The lowest BCUT2D eigenvalue weighted by Crippen LogP contribution is -2.33. The van der Waals surface area contributed by atoms with Gasteiger partial charge in [-0.1, -0.05) is 13.3 Å². The summed E-state index contributed by atoms with van der Waals surface area (Å²) in [6.07, 6.45) is 1.68. The maximum atomic E-state index is 11.1. The van der Waals surface area contributed by atoms with Crippen molar-refractivity contribution >= 4 is 22.9 Å². The lowest BCUT2D eigenvalue weighted by Gasteiger charge is -2.15. The third-order valence-electron chi connectivity index (χ3n) is 1.74. The van der Waals surface area contributed by atoms with E-state index in [-0.39, 0.29) is 11.1 Å². The predicted octanol–water partition coefficient (Wildman–Crippen LogP) is 1.53. The molecule has 0 aromatic rings. The summed E-state index contributed by atoms with van der Waals surface area (Å²) in [5.41, 5.74) is 0. The van der Waals surface area contributed by atoms with Gasteiger partial charge in [-0.2, -0.15) is 0 Å². The molecule has 1 rings (SSSR count). The highest BCUT2D eigenvalue weighted by Crippen LogP contribution is 2.35. The van der Waals surface area contributed by atoms with Crippen molar-refractivity contribution < 1.29 is 9.59 Å². The highest BCUT2D eigenvalue weighted by molar-refractivity contribution is 8.16. The second-order valence-electron chi connectivity index (χ2n) is 2.82. The maximum absolute atomic E-state index is 11.1. The van der Waals surface area contributed by atoms with E-state index < -0.39 is 4.75 Å². The van der Waals surface area contributed by atoms with Gasteiger partial charge in [0.15, 0.2) is 0 Å². The molecule has 1 aliphatic heterocycles. The van der Waals surface area contributed by atoms with Crippen LogP contribution in [0.2, 0.25) is 0 Å². The minimum absolute atomic E-state index is 0.144. The molecule has 0 bridgehead atoms. The van der Waals surface area contributed by atoms with Crippen LogP contribution in [0.3, 0.4) is 0 Å². The van der Waals surface area contributed by atoms with Gasteiger partial charge in [-0.25, -0.2) is 0 Å². The van der Waals surface area contributed by atoms with Crippen molar-refractivity contribution in [1.29, 1.82) is 0 Å². The van der Waals surface area contributed by atoms with Crippen molar-refractivity contribution in [2.75, 3.05) is 0 Å². The summed E-state index contributed by atoms with van der Waals surface area (Å²) in [5.74, 6) is -0.144. The highest BCUT2D eigenvalue weighted by atomic mass is 32.2. The molecule has 1 heterocycles. The van der Waals surface area contributed by atoms with Crippen LogP contribution in [0.4, 0.5) is 4.79 Å². The smallest absolute Gasteiger partial charge is 0.286 e. The first-order chi connectivity index (χ1) is 5.08. The van der Waals surface area contributed by atoms with Crippen LogP contribution in [0.1, 0.15) is 26.7 Å². The van der Waals surface area contributed by atoms with Gasteiger partial charge in [0.2, 0.25) is 5.91 Å². The normalized spacial score (nSPS) is 30.7. The second-order valence-corrected chi connectivity index (χ2v) is 4.30. The van der Waals surface area contributed by atoms with Crippen LogP contribution in [0.15, 0.2) is 0 Å². The zero-order valence-corrected chi connectivity index (χ0v) is 7.46. The first kappa shape index (κ1) is 8.59. The molecule has 4 heteroatoms. The summed E-state index contributed by atoms with van der Waals surface area (Å²) < 4.78 is -0.508. The van der Waals surface area contributed by atoms with Gasteiger partial charge < -0.3 is 0 Å². The van der Waals surface area contributed by atoms with Crippen LogP contribution in [-0.2, 0) is 4.79 Å². The third-order valence-corrected chi connectivity index (χ3v) is 2.87. The van der Waals surface area contributed by atoms with Crippen LogP contribution < -0.4 is 5.32 Å². The van der Waals surface area contributed by atoms with Gasteiger partial charge in [-0.3, -0.25) is 14.9 Å². The molecule has 1 N–H and O–H groups in total. The molecule has 0 aromatic carbocycles. The van der Waals surface area contributed by atoms with E-state index in [1.807, 2.05) is 6.92 Å². The Labute approximate surface area is 69.9 Å². The zero-order valence-electron chi connectivity index (χ0n) is 6.64. The summed E-state index contributed by atoms with van der Waals surface area (Å²) in [6.45, 7) is 3.81. The predicted molar refractivity (Wildman–Crippen MR) is 44.4 cm³/mol. The molecule has 1 atom stereocenters. The number of imide groups is 1. The van der Waals surface area contributed by atoms with Crippen LogP contribution in [-0.4, -0.2) is 15.9 Å². The fraction of sp³-hybridized carbons (Fsp3) is 0.714. The Bertz CT molecular complexity index is 205. The van der Waals surface area contributed by atoms with E-state index in [1.165, 1.54) is 0 Å². The average Bonchev–Trinajstić information content (AvgIpc) is 2.08. The van der Waals surface area contributed by atoms with Crippen molar-refractivity contribution in [3.8, 4) is 0 Å². The lowest BCUT2D eigenvalue weighted by atomic mass is 10.0. The van der Waals surface area contributed by atoms with Crippen LogP contribution >= 0.6 is 11.8 Å². The van der Waals surface area contributed by atoms with Crippen molar-refractivity contribution in [1.82, 2.24) is 5.32 Å². The molecule has 0 saturated carbocycles. The van der Waals surface area contributed by atoms with Crippen molar-refractivity contribution in [2.45, 2.75) is 31.4 Å². The number of thioether (sulfide) groups is 1. The Balaban J connectivity index is 2.70. The Kier molecular flexibility index (Phi) is 2.23.